The number of para-hydroxylation sites is 1. The molecule has 0 aromatic heterocycles. The molecule has 1 N–H and O–H groups in total. The number of carbonyl (C=O) groups is 2. The molecule has 2 atom stereocenters. The third-order valence-corrected chi connectivity index (χ3v) is 4.80. The Kier molecular flexibility index (Phi) is 7.13. The van der Waals surface area contributed by atoms with Crippen molar-refractivity contribution in [3.63, 3.8) is 0 Å². The fourth-order valence-corrected chi connectivity index (χ4v) is 3.40. The van der Waals surface area contributed by atoms with Crippen LogP contribution in [0.25, 0.3) is 0 Å². The molecule has 2 amide bonds. The fourth-order valence-electron chi connectivity index (χ4n) is 3.40. The van der Waals surface area contributed by atoms with E-state index in [9.17, 15) is 27.9 Å². The minimum absolute atomic E-state index is 0.0506. The van der Waals surface area contributed by atoms with Crippen molar-refractivity contribution in [2.75, 3.05) is 11.7 Å². The SMILES string of the molecule is O=C(C1CCC(CO)N1C(=O)OCc1ccccc1)N(OC(F)(F)F)c1ccccc1. The average molecular weight is 438 g/mol. The Morgan fingerprint density at radius 1 is 1.03 bits per heavy atom. The van der Waals surface area contributed by atoms with Crippen molar-refractivity contribution in [3.8, 4) is 0 Å². The van der Waals surface area contributed by atoms with E-state index >= 15 is 0 Å². The Bertz CT molecular complexity index is 880. The number of hydrogen-bond donors (Lipinski definition) is 1. The quantitative estimate of drug-likeness (QED) is 0.697. The van der Waals surface area contributed by atoms with Gasteiger partial charge in [0.05, 0.1) is 18.3 Å². The molecule has 3 rings (SSSR count). The Hall–Kier alpha value is -3.11. The van der Waals surface area contributed by atoms with Gasteiger partial charge in [-0.25, -0.2) is 4.79 Å². The second-order valence-corrected chi connectivity index (χ2v) is 6.88. The third-order valence-electron chi connectivity index (χ3n) is 4.80. The van der Waals surface area contributed by atoms with E-state index in [1.54, 1.807) is 36.4 Å². The number of anilines is 1. The number of hydrogen-bond acceptors (Lipinski definition) is 5. The van der Waals surface area contributed by atoms with Crippen molar-refractivity contribution >= 4 is 17.7 Å². The van der Waals surface area contributed by atoms with Gasteiger partial charge in [-0.3, -0.25) is 9.69 Å². The fraction of sp³-hybridized carbons (Fsp3) is 0.333. The highest BCUT2D eigenvalue weighted by atomic mass is 19.4. The van der Waals surface area contributed by atoms with Gasteiger partial charge in [-0.15, -0.1) is 13.2 Å². The van der Waals surface area contributed by atoms with E-state index < -0.39 is 37.1 Å². The third kappa shape index (κ3) is 5.74. The first-order chi connectivity index (χ1) is 14.8. The lowest BCUT2D eigenvalue weighted by atomic mass is 10.2. The highest BCUT2D eigenvalue weighted by molar-refractivity contribution is 5.97. The molecule has 2 aromatic carbocycles. The summed E-state index contributed by atoms with van der Waals surface area (Å²) >= 11 is 0. The number of ether oxygens (including phenoxy) is 1. The van der Waals surface area contributed by atoms with Crippen molar-refractivity contribution < 1.29 is 37.4 Å². The molecular formula is C21H21F3N2O5. The van der Waals surface area contributed by atoms with Crippen LogP contribution >= 0.6 is 0 Å². The zero-order valence-electron chi connectivity index (χ0n) is 16.4. The van der Waals surface area contributed by atoms with Gasteiger partial charge in [-0.05, 0) is 30.5 Å². The lowest BCUT2D eigenvalue weighted by Crippen LogP contribution is -2.52. The van der Waals surface area contributed by atoms with Crippen molar-refractivity contribution in [2.45, 2.75) is 37.9 Å². The summed E-state index contributed by atoms with van der Waals surface area (Å²) < 4.78 is 44.2. The zero-order valence-corrected chi connectivity index (χ0v) is 16.4. The minimum Gasteiger partial charge on any atom is -0.445 e. The largest absolute Gasteiger partial charge is 0.544 e. The van der Waals surface area contributed by atoms with Gasteiger partial charge in [-0.1, -0.05) is 48.5 Å². The molecule has 0 spiro atoms. The molecular weight excluding hydrogens is 417 g/mol. The van der Waals surface area contributed by atoms with Gasteiger partial charge in [0.2, 0.25) is 0 Å². The number of amides is 2. The maximum Gasteiger partial charge on any atom is 0.544 e. The normalized spacial score (nSPS) is 18.6. The molecule has 2 unspecified atom stereocenters. The van der Waals surface area contributed by atoms with Crippen LogP contribution in [0.15, 0.2) is 60.7 Å². The molecule has 0 saturated carbocycles. The van der Waals surface area contributed by atoms with Crippen LogP contribution in [0.3, 0.4) is 0 Å². The van der Waals surface area contributed by atoms with E-state index in [2.05, 4.69) is 4.84 Å². The maximum absolute atomic E-state index is 13.0. The van der Waals surface area contributed by atoms with Crippen LogP contribution in [-0.4, -0.2) is 47.1 Å². The molecule has 1 saturated heterocycles. The van der Waals surface area contributed by atoms with E-state index in [1.807, 2.05) is 0 Å². The number of benzene rings is 2. The number of likely N-dealkylation sites (tertiary alicyclic amines) is 1. The van der Waals surface area contributed by atoms with Gasteiger partial charge >= 0.3 is 12.5 Å². The van der Waals surface area contributed by atoms with Crippen LogP contribution in [0.1, 0.15) is 18.4 Å². The number of aliphatic hydroxyl groups is 1. The summed E-state index contributed by atoms with van der Waals surface area (Å²) in [6, 6.07) is 13.8. The Balaban J connectivity index is 1.81. The van der Waals surface area contributed by atoms with Crippen molar-refractivity contribution in [1.29, 1.82) is 0 Å². The molecule has 1 heterocycles. The molecule has 0 radical (unpaired) electrons. The van der Waals surface area contributed by atoms with Crippen LogP contribution < -0.4 is 5.06 Å². The summed E-state index contributed by atoms with van der Waals surface area (Å²) in [7, 11) is 0. The first-order valence-corrected chi connectivity index (χ1v) is 9.55. The van der Waals surface area contributed by atoms with Crippen LogP contribution in [0.5, 0.6) is 0 Å². The highest BCUT2D eigenvalue weighted by Crippen LogP contribution is 2.31. The number of halogens is 3. The predicted molar refractivity (Wildman–Crippen MR) is 103 cm³/mol. The summed E-state index contributed by atoms with van der Waals surface area (Å²) in [6.07, 6.45) is -5.75. The molecule has 0 aliphatic carbocycles. The van der Waals surface area contributed by atoms with E-state index in [-0.39, 0.29) is 30.2 Å². The summed E-state index contributed by atoms with van der Waals surface area (Å²) in [6.45, 7) is -0.549. The Morgan fingerprint density at radius 3 is 2.23 bits per heavy atom. The molecule has 31 heavy (non-hydrogen) atoms. The van der Waals surface area contributed by atoms with Crippen LogP contribution in [0.4, 0.5) is 23.7 Å². The van der Waals surface area contributed by atoms with Crippen molar-refractivity contribution in [3.05, 3.63) is 66.2 Å². The average Bonchev–Trinajstić information content (AvgIpc) is 3.20. The molecule has 1 fully saturated rings. The van der Waals surface area contributed by atoms with Gasteiger partial charge in [0, 0.05) is 0 Å². The molecule has 1 aliphatic heterocycles. The molecule has 166 valence electrons. The standard InChI is InChI=1S/C21H21F3N2O5/c22-21(23,24)31-26(16-9-5-2-6-10-16)19(28)18-12-11-17(13-27)25(18)20(29)30-14-15-7-3-1-4-8-15/h1-10,17-18,27H,11-14H2. The summed E-state index contributed by atoms with van der Waals surface area (Å²) in [5.41, 5.74) is 0.555. The second kappa shape index (κ2) is 9.80. The smallest absolute Gasteiger partial charge is 0.445 e. The summed E-state index contributed by atoms with van der Waals surface area (Å²) in [5, 5.41) is 9.75. The topological polar surface area (TPSA) is 79.3 Å². The molecule has 0 bridgehead atoms. The molecule has 2 aromatic rings. The number of hydroxylamine groups is 1. The van der Waals surface area contributed by atoms with Gasteiger partial charge in [0.15, 0.2) is 0 Å². The van der Waals surface area contributed by atoms with Crippen LogP contribution in [0.2, 0.25) is 0 Å². The van der Waals surface area contributed by atoms with Gasteiger partial charge in [0.25, 0.3) is 5.91 Å². The van der Waals surface area contributed by atoms with E-state index in [0.29, 0.717) is 5.56 Å². The van der Waals surface area contributed by atoms with Gasteiger partial charge < -0.3 is 9.84 Å². The highest BCUT2D eigenvalue weighted by Gasteiger charge is 2.46. The number of rotatable bonds is 6. The number of aliphatic hydroxyl groups excluding tert-OH is 1. The van der Waals surface area contributed by atoms with Crippen LogP contribution in [-0.2, 0) is 21.0 Å². The summed E-state index contributed by atoms with van der Waals surface area (Å²) in [5.74, 6) is -1.09. The maximum atomic E-state index is 13.0. The van der Waals surface area contributed by atoms with Crippen molar-refractivity contribution in [1.82, 2.24) is 4.90 Å². The number of alkyl halides is 3. The first kappa shape index (κ1) is 22.6. The van der Waals surface area contributed by atoms with E-state index in [4.69, 9.17) is 4.74 Å². The van der Waals surface area contributed by atoms with E-state index in [0.717, 1.165) is 4.90 Å². The van der Waals surface area contributed by atoms with Crippen LogP contribution in [0, 0.1) is 0 Å². The molecule has 1 aliphatic rings. The Morgan fingerprint density at radius 2 is 1.65 bits per heavy atom. The van der Waals surface area contributed by atoms with Gasteiger partial charge in [-0.2, -0.15) is 9.90 Å². The van der Waals surface area contributed by atoms with E-state index in [1.165, 1.54) is 24.3 Å². The van der Waals surface area contributed by atoms with Gasteiger partial charge in [0.1, 0.15) is 12.6 Å². The predicted octanol–water partition coefficient (Wildman–Crippen LogP) is 3.63. The number of carbonyl (C=O) groups excluding carboxylic acids is 2. The minimum atomic E-state index is -5.13. The second-order valence-electron chi connectivity index (χ2n) is 6.88. The number of nitrogens with zero attached hydrogens (tertiary/aromatic N) is 2. The monoisotopic (exact) mass is 438 g/mol. The zero-order chi connectivity index (χ0) is 22.4. The lowest BCUT2D eigenvalue weighted by molar-refractivity contribution is -0.327. The summed E-state index contributed by atoms with van der Waals surface area (Å²) in [4.78, 5) is 30.7. The molecule has 10 heteroatoms. The first-order valence-electron chi connectivity index (χ1n) is 9.55. The lowest BCUT2D eigenvalue weighted by Gasteiger charge is -2.31. The van der Waals surface area contributed by atoms with Crippen molar-refractivity contribution in [2.24, 2.45) is 0 Å². The molecule has 7 nitrogen and oxygen atoms in total. The Labute approximate surface area is 176 Å².